The first-order valence-corrected chi connectivity index (χ1v) is 8.01. The quantitative estimate of drug-likeness (QED) is 0.917. The molecule has 1 N–H and O–H groups in total. The third-order valence-corrected chi connectivity index (χ3v) is 4.27. The third-order valence-electron chi connectivity index (χ3n) is 3.68. The first kappa shape index (κ1) is 14.2. The zero-order chi connectivity index (χ0) is 13.8. The van der Waals surface area contributed by atoms with E-state index in [-0.39, 0.29) is 0 Å². The molecule has 5 heteroatoms. The summed E-state index contributed by atoms with van der Waals surface area (Å²) in [4.78, 5) is 0. The van der Waals surface area contributed by atoms with Crippen molar-refractivity contribution in [1.29, 1.82) is 0 Å². The van der Waals surface area contributed by atoms with Crippen molar-refractivity contribution in [2.45, 2.75) is 31.8 Å². The molecule has 0 saturated carbocycles. The molecule has 0 amide bonds. The van der Waals surface area contributed by atoms with Gasteiger partial charge < -0.3 is 19.5 Å². The Morgan fingerprint density at radius 3 is 2.75 bits per heavy atom. The Morgan fingerprint density at radius 2 is 1.90 bits per heavy atom. The van der Waals surface area contributed by atoms with Gasteiger partial charge in [0.15, 0.2) is 11.5 Å². The van der Waals surface area contributed by atoms with Crippen LogP contribution in [0.15, 0.2) is 16.6 Å². The zero-order valence-electron chi connectivity index (χ0n) is 11.5. The molecule has 0 unspecified atom stereocenters. The van der Waals surface area contributed by atoms with Gasteiger partial charge in [-0.2, -0.15) is 0 Å². The molecular formula is C15H20BrNO3. The van der Waals surface area contributed by atoms with Gasteiger partial charge in [-0.1, -0.05) is 0 Å². The molecule has 0 spiro atoms. The molecule has 1 saturated heterocycles. The van der Waals surface area contributed by atoms with E-state index >= 15 is 0 Å². The van der Waals surface area contributed by atoms with Gasteiger partial charge in [0.25, 0.3) is 0 Å². The number of halogens is 1. The number of rotatable bonds is 3. The average Bonchev–Trinajstić information content (AvgIpc) is 2.72. The molecule has 2 aliphatic heterocycles. The van der Waals surface area contributed by atoms with Crippen LogP contribution in [-0.2, 0) is 11.3 Å². The van der Waals surface area contributed by atoms with Gasteiger partial charge in [0.2, 0.25) is 0 Å². The van der Waals surface area contributed by atoms with Crippen molar-refractivity contribution in [3.63, 3.8) is 0 Å². The van der Waals surface area contributed by atoms with Crippen molar-refractivity contribution >= 4 is 15.9 Å². The van der Waals surface area contributed by atoms with E-state index in [0.717, 1.165) is 61.6 Å². The number of benzene rings is 1. The minimum Gasteiger partial charge on any atom is -0.490 e. The van der Waals surface area contributed by atoms with Crippen LogP contribution >= 0.6 is 15.9 Å². The fraction of sp³-hybridized carbons (Fsp3) is 0.600. The van der Waals surface area contributed by atoms with Gasteiger partial charge in [-0.05, 0) is 46.5 Å². The van der Waals surface area contributed by atoms with Crippen LogP contribution in [-0.4, -0.2) is 32.5 Å². The van der Waals surface area contributed by atoms with Crippen molar-refractivity contribution in [2.24, 2.45) is 0 Å². The van der Waals surface area contributed by atoms with Gasteiger partial charge >= 0.3 is 0 Å². The molecular weight excluding hydrogens is 322 g/mol. The maximum atomic E-state index is 5.76. The Kier molecular flexibility index (Phi) is 4.81. The molecule has 0 radical (unpaired) electrons. The maximum absolute atomic E-state index is 5.76. The van der Waals surface area contributed by atoms with E-state index in [1.54, 1.807) is 0 Å². The molecule has 110 valence electrons. The van der Waals surface area contributed by atoms with E-state index in [1.165, 1.54) is 5.56 Å². The molecule has 1 aromatic rings. The molecule has 0 aliphatic carbocycles. The Morgan fingerprint density at radius 1 is 1.10 bits per heavy atom. The number of ether oxygens (including phenoxy) is 3. The van der Waals surface area contributed by atoms with E-state index in [2.05, 4.69) is 33.4 Å². The van der Waals surface area contributed by atoms with Crippen LogP contribution in [0, 0.1) is 0 Å². The highest BCUT2D eigenvalue weighted by Crippen LogP contribution is 2.38. The molecule has 1 aromatic carbocycles. The van der Waals surface area contributed by atoms with E-state index in [4.69, 9.17) is 14.2 Å². The largest absolute Gasteiger partial charge is 0.490 e. The first-order valence-electron chi connectivity index (χ1n) is 7.22. The second-order valence-electron chi connectivity index (χ2n) is 5.22. The highest BCUT2D eigenvalue weighted by atomic mass is 79.9. The summed E-state index contributed by atoms with van der Waals surface area (Å²) in [6, 6.07) is 4.75. The lowest BCUT2D eigenvalue weighted by Gasteiger charge is -2.23. The minimum absolute atomic E-state index is 0.554. The molecule has 2 heterocycles. The fourth-order valence-electron chi connectivity index (χ4n) is 2.55. The number of hydrogen-bond donors (Lipinski definition) is 1. The topological polar surface area (TPSA) is 39.7 Å². The summed E-state index contributed by atoms with van der Waals surface area (Å²) in [5, 5.41) is 3.59. The lowest BCUT2D eigenvalue weighted by molar-refractivity contribution is 0.0776. The van der Waals surface area contributed by atoms with Gasteiger partial charge in [0, 0.05) is 32.2 Å². The second kappa shape index (κ2) is 6.78. The zero-order valence-corrected chi connectivity index (χ0v) is 13.1. The van der Waals surface area contributed by atoms with Crippen LogP contribution in [0.3, 0.4) is 0 Å². The summed E-state index contributed by atoms with van der Waals surface area (Å²) >= 11 is 3.58. The van der Waals surface area contributed by atoms with Gasteiger partial charge in [0.05, 0.1) is 17.7 Å². The minimum atomic E-state index is 0.554. The fourth-order valence-corrected chi connectivity index (χ4v) is 3.15. The summed E-state index contributed by atoms with van der Waals surface area (Å²) in [6.45, 7) is 4.01. The maximum Gasteiger partial charge on any atom is 0.175 e. The van der Waals surface area contributed by atoms with Crippen LogP contribution < -0.4 is 14.8 Å². The second-order valence-corrected chi connectivity index (χ2v) is 6.08. The average molecular weight is 342 g/mol. The van der Waals surface area contributed by atoms with E-state index in [1.807, 2.05) is 0 Å². The third kappa shape index (κ3) is 3.45. The number of fused-ring (bicyclic) bond motifs is 1. The normalized spacial score (nSPS) is 19.6. The summed E-state index contributed by atoms with van der Waals surface area (Å²) in [7, 11) is 0. The Hall–Kier alpha value is -0.780. The molecule has 3 rings (SSSR count). The van der Waals surface area contributed by atoms with Gasteiger partial charge in [-0.25, -0.2) is 0 Å². The van der Waals surface area contributed by atoms with Gasteiger partial charge in [-0.15, -0.1) is 0 Å². The molecule has 4 nitrogen and oxygen atoms in total. The van der Waals surface area contributed by atoms with Crippen LogP contribution in [0.4, 0.5) is 0 Å². The van der Waals surface area contributed by atoms with E-state index < -0.39 is 0 Å². The summed E-state index contributed by atoms with van der Waals surface area (Å²) in [5.74, 6) is 1.68. The Balaban J connectivity index is 1.67. The van der Waals surface area contributed by atoms with Crippen LogP contribution in [0.2, 0.25) is 0 Å². The highest BCUT2D eigenvalue weighted by molar-refractivity contribution is 9.10. The van der Waals surface area contributed by atoms with Crippen molar-refractivity contribution in [3.05, 3.63) is 22.2 Å². The first-order chi connectivity index (χ1) is 9.83. The summed E-state index contributed by atoms with van der Waals surface area (Å²) in [6.07, 6.45) is 3.11. The molecule has 0 bridgehead atoms. The standard InChI is InChI=1S/C15H20BrNO3/c16-13-8-11(10-17-12-2-6-18-7-3-12)9-14-15(13)20-5-1-4-19-14/h8-9,12,17H,1-7,10H2. The Labute approximate surface area is 127 Å². The Bertz CT molecular complexity index is 461. The lowest BCUT2D eigenvalue weighted by Crippen LogP contribution is -2.34. The number of hydrogen-bond acceptors (Lipinski definition) is 4. The van der Waals surface area contributed by atoms with Crippen molar-refractivity contribution < 1.29 is 14.2 Å². The van der Waals surface area contributed by atoms with E-state index in [9.17, 15) is 0 Å². The lowest BCUT2D eigenvalue weighted by atomic mass is 10.1. The molecule has 1 fully saturated rings. The van der Waals surface area contributed by atoms with Crippen LogP contribution in [0.5, 0.6) is 11.5 Å². The monoisotopic (exact) mass is 341 g/mol. The van der Waals surface area contributed by atoms with Crippen molar-refractivity contribution in [2.75, 3.05) is 26.4 Å². The van der Waals surface area contributed by atoms with Crippen molar-refractivity contribution in [1.82, 2.24) is 5.32 Å². The smallest absolute Gasteiger partial charge is 0.175 e. The molecule has 0 atom stereocenters. The summed E-state index contributed by atoms with van der Waals surface area (Å²) in [5.41, 5.74) is 1.22. The van der Waals surface area contributed by atoms with Crippen LogP contribution in [0.25, 0.3) is 0 Å². The summed E-state index contributed by atoms with van der Waals surface area (Å²) < 4.78 is 17.8. The highest BCUT2D eigenvalue weighted by Gasteiger charge is 2.17. The predicted octanol–water partition coefficient (Wildman–Crippen LogP) is 2.88. The molecule has 0 aromatic heterocycles. The number of nitrogens with one attached hydrogen (secondary N) is 1. The van der Waals surface area contributed by atoms with E-state index in [0.29, 0.717) is 12.6 Å². The molecule has 20 heavy (non-hydrogen) atoms. The van der Waals surface area contributed by atoms with Gasteiger partial charge in [-0.3, -0.25) is 0 Å². The SMILES string of the molecule is Brc1cc(CNC2CCOCC2)cc2c1OCCCO2. The predicted molar refractivity (Wildman–Crippen MR) is 80.4 cm³/mol. The van der Waals surface area contributed by atoms with Gasteiger partial charge in [0.1, 0.15) is 0 Å². The van der Waals surface area contributed by atoms with Crippen LogP contribution in [0.1, 0.15) is 24.8 Å². The molecule has 2 aliphatic rings. The van der Waals surface area contributed by atoms with Crippen molar-refractivity contribution in [3.8, 4) is 11.5 Å².